The van der Waals surface area contributed by atoms with Crippen LogP contribution in [0.1, 0.15) is 43.4 Å². The smallest absolute Gasteiger partial charge is 0.277 e. The molecule has 132 valence electrons. The van der Waals surface area contributed by atoms with Crippen molar-refractivity contribution >= 4 is 28.1 Å². The number of hydrogen-bond donors (Lipinski definition) is 1. The van der Waals surface area contributed by atoms with Crippen molar-refractivity contribution in [3.8, 4) is 5.75 Å². The second kappa shape index (κ2) is 9.37. The van der Waals surface area contributed by atoms with Crippen molar-refractivity contribution in [1.82, 2.24) is 5.43 Å². The van der Waals surface area contributed by atoms with Crippen LogP contribution in [0, 0.1) is 0 Å². The molecule has 0 spiro atoms. The van der Waals surface area contributed by atoms with E-state index in [0.29, 0.717) is 11.7 Å². The molecular formula is C20H23BrN2O2. The fourth-order valence-corrected chi connectivity index (χ4v) is 2.67. The van der Waals surface area contributed by atoms with E-state index >= 15 is 0 Å². The molecule has 2 aromatic carbocycles. The summed E-state index contributed by atoms with van der Waals surface area (Å²) in [5.41, 5.74) is 5.75. The van der Waals surface area contributed by atoms with Crippen LogP contribution in [0.25, 0.3) is 0 Å². The van der Waals surface area contributed by atoms with E-state index in [1.807, 2.05) is 42.5 Å². The first-order valence-electron chi connectivity index (χ1n) is 8.32. The number of benzene rings is 2. The van der Waals surface area contributed by atoms with Crippen LogP contribution in [-0.4, -0.2) is 18.7 Å². The monoisotopic (exact) mass is 402 g/mol. The molecule has 0 saturated heterocycles. The van der Waals surface area contributed by atoms with Crippen LogP contribution in [0.15, 0.2) is 52.0 Å². The third-order valence-electron chi connectivity index (χ3n) is 3.74. The number of ether oxygens (including phenoxy) is 1. The fraction of sp³-hybridized carbons (Fsp3) is 0.300. The van der Waals surface area contributed by atoms with E-state index < -0.39 is 0 Å². The molecule has 1 N–H and O–H groups in total. The lowest BCUT2D eigenvalue weighted by atomic mass is 10.0. The van der Waals surface area contributed by atoms with Crippen molar-refractivity contribution in [2.45, 2.75) is 33.1 Å². The summed E-state index contributed by atoms with van der Waals surface area (Å²) in [7, 11) is 0. The molecule has 0 aliphatic rings. The van der Waals surface area contributed by atoms with Gasteiger partial charge in [0.1, 0.15) is 5.75 Å². The fourth-order valence-electron chi connectivity index (χ4n) is 2.30. The van der Waals surface area contributed by atoms with Gasteiger partial charge in [-0.1, -0.05) is 61.0 Å². The van der Waals surface area contributed by atoms with Gasteiger partial charge in [0, 0.05) is 4.47 Å². The summed E-state index contributed by atoms with van der Waals surface area (Å²) >= 11 is 3.46. The Labute approximate surface area is 157 Å². The highest BCUT2D eigenvalue weighted by Gasteiger charge is 2.10. The Balaban J connectivity index is 1.87. The molecule has 0 aliphatic carbocycles. The second-order valence-corrected chi connectivity index (χ2v) is 6.93. The SMILES string of the molecule is CCc1ccc(/C=N/NC(=O)COc2ccc(Br)cc2C(C)C)cc1. The Morgan fingerprint density at radius 1 is 1.24 bits per heavy atom. The number of amides is 1. The molecule has 2 aromatic rings. The van der Waals surface area contributed by atoms with E-state index in [1.165, 1.54) is 5.56 Å². The number of hydrogen-bond acceptors (Lipinski definition) is 3. The number of halogens is 1. The summed E-state index contributed by atoms with van der Waals surface area (Å²) in [6.07, 6.45) is 2.62. The zero-order valence-corrected chi connectivity index (χ0v) is 16.3. The molecule has 5 heteroatoms. The first-order chi connectivity index (χ1) is 12.0. The van der Waals surface area contributed by atoms with E-state index in [0.717, 1.165) is 22.0 Å². The highest BCUT2D eigenvalue weighted by Crippen LogP contribution is 2.29. The summed E-state index contributed by atoms with van der Waals surface area (Å²) in [5.74, 6) is 0.728. The Morgan fingerprint density at radius 2 is 1.96 bits per heavy atom. The van der Waals surface area contributed by atoms with Crippen LogP contribution in [-0.2, 0) is 11.2 Å². The minimum Gasteiger partial charge on any atom is -0.483 e. The molecular weight excluding hydrogens is 380 g/mol. The van der Waals surface area contributed by atoms with Crippen molar-refractivity contribution in [3.05, 3.63) is 63.6 Å². The van der Waals surface area contributed by atoms with Crippen LogP contribution in [0.4, 0.5) is 0 Å². The number of aryl methyl sites for hydroxylation is 1. The molecule has 0 unspecified atom stereocenters. The Hall–Kier alpha value is -2.14. The van der Waals surface area contributed by atoms with E-state index in [2.05, 4.69) is 47.2 Å². The van der Waals surface area contributed by atoms with Gasteiger partial charge in [-0.25, -0.2) is 5.43 Å². The molecule has 0 aliphatic heterocycles. The number of nitrogens with zero attached hydrogens (tertiary/aromatic N) is 1. The van der Waals surface area contributed by atoms with Crippen molar-refractivity contribution in [2.24, 2.45) is 5.10 Å². The summed E-state index contributed by atoms with van der Waals surface area (Å²) in [6, 6.07) is 13.8. The summed E-state index contributed by atoms with van der Waals surface area (Å²) in [6.45, 7) is 6.21. The first-order valence-corrected chi connectivity index (χ1v) is 9.12. The van der Waals surface area contributed by atoms with E-state index in [4.69, 9.17) is 4.74 Å². The van der Waals surface area contributed by atoms with Crippen molar-refractivity contribution in [3.63, 3.8) is 0 Å². The third-order valence-corrected chi connectivity index (χ3v) is 4.24. The summed E-state index contributed by atoms with van der Waals surface area (Å²) in [5, 5.41) is 3.97. The van der Waals surface area contributed by atoms with Crippen LogP contribution >= 0.6 is 15.9 Å². The van der Waals surface area contributed by atoms with Gasteiger partial charge < -0.3 is 4.74 Å². The van der Waals surface area contributed by atoms with Crippen molar-refractivity contribution in [1.29, 1.82) is 0 Å². The largest absolute Gasteiger partial charge is 0.483 e. The molecule has 0 heterocycles. The lowest BCUT2D eigenvalue weighted by molar-refractivity contribution is -0.123. The number of carbonyl (C=O) groups is 1. The van der Waals surface area contributed by atoms with Gasteiger partial charge in [0.15, 0.2) is 6.61 Å². The molecule has 4 nitrogen and oxygen atoms in total. The Morgan fingerprint density at radius 3 is 2.60 bits per heavy atom. The minimum absolute atomic E-state index is 0.0759. The highest BCUT2D eigenvalue weighted by molar-refractivity contribution is 9.10. The predicted octanol–water partition coefficient (Wildman–Crippen LogP) is 4.66. The van der Waals surface area contributed by atoms with Crippen LogP contribution in [0.5, 0.6) is 5.75 Å². The maximum atomic E-state index is 11.9. The summed E-state index contributed by atoms with van der Waals surface area (Å²) < 4.78 is 6.63. The maximum absolute atomic E-state index is 11.9. The van der Waals surface area contributed by atoms with Gasteiger partial charge >= 0.3 is 0 Å². The van der Waals surface area contributed by atoms with Crippen LogP contribution in [0.2, 0.25) is 0 Å². The molecule has 1 amide bonds. The topological polar surface area (TPSA) is 50.7 Å². The molecule has 2 rings (SSSR count). The van der Waals surface area contributed by atoms with Gasteiger partial charge in [-0.2, -0.15) is 5.10 Å². The van der Waals surface area contributed by atoms with Gasteiger partial charge in [-0.05, 0) is 47.2 Å². The zero-order chi connectivity index (χ0) is 18.2. The van der Waals surface area contributed by atoms with Gasteiger partial charge in [-0.3, -0.25) is 4.79 Å². The van der Waals surface area contributed by atoms with Crippen molar-refractivity contribution < 1.29 is 9.53 Å². The summed E-state index contributed by atoms with van der Waals surface area (Å²) in [4.78, 5) is 11.9. The average Bonchev–Trinajstić information content (AvgIpc) is 2.61. The molecule has 25 heavy (non-hydrogen) atoms. The predicted molar refractivity (Wildman–Crippen MR) is 105 cm³/mol. The number of rotatable bonds is 7. The van der Waals surface area contributed by atoms with Crippen LogP contribution < -0.4 is 10.2 Å². The normalized spacial score (nSPS) is 11.1. The van der Waals surface area contributed by atoms with Gasteiger partial charge in [-0.15, -0.1) is 0 Å². The molecule has 0 bridgehead atoms. The van der Waals surface area contributed by atoms with Gasteiger partial charge in [0.2, 0.25) is 0 Å². The molecule has 0 aromatic heterocycles. The Bertz CT molecular complexity index is 740. The Kier molecular flexibility index (Phi) is 7.19. The van der Waals surface area contributed by atoms with Crippen LogP contribution in [0.3, 0.4) is 0 Å². The van der Waals surface area contributed by atoms with E-state index in [1.54, 1.807) is 6.21 Å². The standard InChI is InChI=1S/C20H23BrN2O2/c1-4-15-5-7-16(8-6-15)12-22-23-20(24)13-25-19-10-9-17(21)11-18(19)14(2)3/h5-12,14H,4,13H2,1-3H3,(H,23,24)/b22-12+. The van der Waals surface area contributed by atoms with E-state index in [9.17, 15) is 4.79 Å². The van der Waals surface area contributed by atoms with Crippen molar-refractivity contribution in [2.75, 3.05) is 6.61 Å². The van der Waals surface area contributed by atoms with E-state index in [-0.39, 0.29) is 12.5 Å². The second-order valence-electron chi connectivity index (χ2n) is 6.01. The third kappa shape index (κ3) is 6.02. The minimum atomic E-state index is -0.293. The van der Waals surface area contributed by atoms with Gasteiger partial charge in [0.05, 0.1) is 6.21 Å². The lowest BCUT2D eigenvalue weighted by Gasteiger charge is -2.13. The first kappa shape index (κ1) is 19.2. The number of nitrogens with one attached hydrogen (secondary N) is 1. The number of hydrazone groups is 1. The quantitative estimate of drug-likeness (QED) is 0.540. The van der Waals surface area contributed by atoms with Gasteiger partial charge in [0.25, 0.3) is 5.91 Å². The molecule has 0 atom stereocenters. The molecule has 0 fully saturated rings. The molecule has 0 saturated carbocycles. The average molecular weight is 403 g/mol. The number of carbonyl (C=O) groups excluding carboxylic acids is 1. The maximum Gasteiger partial charge on any atom is 0.277 e. The zero-order valence-electron chi connectivity index (χ0n) is 14.8. The molecule has 0 radical (unpaired) electrons. The lowest BCUT2D eigenvalue weighted by Crippen LogP contribution is -2.24. The highest BCUT2D eigenvalue weighted by atomic mass is 79.9.